The van der Waals surface area contributed by atoms with E-state index in [1.165, 1.54) is 5.56 Å². The predicted molar refractivity (Wildman–Crippen MR) is 34.7 cm³/mol. The number of aryl methyl sites for hydroxylation is 1. The van der Waals surface area contributed by atoms with Crippen molar-refractivity contribution in [2.75, 3.05) is 0 Å². The molecule has 1 aliphatic rings. The van der Waals surface area contributed by atoms with Crippen LogP contribution in [-0.2, 0) is 6.42 Å². The van der Waals surface area contributed by atoms with Gasteiger partial charge < -0.3 is 4.42 Å². The molecule has 0 aromatic carbocycles. The zero-order valence-electron chi connectivity index (χ0n) is 5.05. The van der Waals surface area contributed by atoms with Gasteiger partial charge in [-0.3, -0.25) is 0 Å². The second kappa shape index (κ2) is 1.76. The largest absolute Gasteiger partial charge is 0.465 e. The van der Waals surface area contributed by atoms with Gasteiger partial charge >= 0.3 is 0 Å². The zero-order chi connectivity index (χ0) is 6.10. The van der Waals surface area contributed by atoms with E-state index in [9.17, 15) is 0 Å². The van der Waals surface area contributed by atoms with Crippen molar-refractivity contribution in [1.82, 2.24) is 0 Å². The molecule has 0 saturated carbocycles. The van der Waals surface area contributed by atoms with E-state index in [0.717, 1.165) is 18.6 Å². The van der Waals surface area contributed by atoms with Crippen molar-refractivity contribution in [1.29, 1.82) is 0 Å². The van der Waals surface area contributed by atoms with E-state index in [-0.39, 0.29) is 0 Å². The highest BCUT2D eigenvalue weighted by atomic mass is 16.3. The van der Waals surface area contributed by atoms with Crippen LogP contribution in [-0.4, -0.2) is 0 Å². The van der Waals surface area contributed by atoms with Crippen LogP contribution in [0.4, 0.5) is 0 Å². The highest BCUT2D eigenvalue weighted by molar-refractivity contribution is 5.47. The van der Waals surface area contributed by atoms with Crippen LogP contribution in [0.15, 0.2) is 16.7 Å². The first-order chi connectivity index (χ1) is 4.47. The van der Waals surface area contributed by atoms with E-state index in [1.807, 2.05) is 12.1 Å². The van der Waals surface area contributed by atoms with Crippen LogP contribution >= 0.6 is 0 Å². The SMILES string of the molecule is [C]1=Cc2occc2CC1. The van der Waals surface area contributed by atoms with Crippen LogP contribution in [0.1, 0.15) is 17.7 Å². The third-order valence-corrected chi connectivity index (χ3v) is 1.55. The monoisotopic (exact) mass is 119 g/mol. The standard InChI is InChI=1S/C8H7O/c1-2-4-8-7(3-1)5-6-9-8/h4-6H,1,3H2. The summed E-state index contributed by atoms with van der Waals surface area (Å²) in [6.07, 6.45) is 8.87. The van der Waals surface area contributed by atoms with Crippen LogP contribution in [0.2, 0.25) is 0 Å². The molecule has 1 nitrogen and oxygen atoms in total. The lowest BCUT2D eigenvalue weighted by molar-refractivity contribution is 0.550. The molecule has 1 aromatic rings. The van der Waals surface area contributed by atoms with Gasteiger partial charge in [-0.05, 0) is 36.6 Å². The van der Waals surface area contributed by atoms with Crippen LogP contribution in [0.3, 0.4) is 0 Å². The number of fused-ring (bicyclic) bond motifs is 1. The molecule has 1 aliphatic carbocycles. The van der Waals surface area contributed by atoms with Crippen LogP contribution in [0.5, 0.6) is 0 Å². The Hall–Kier alpha value is -0.980. The Morgan fingerprint density at radius 2 is 2.56 bits per heavy atom. The van der Waals surface area contributed by atoms with Crippen LogP contribution in [0.25, 0.3) is 6.08 Å². The summed E-state index contributed by atoms with van der Waals surface area (Å²) in [5, 5.41) is 0. The maximum atomic E-state index is 5.14. The lowest BCUT2D eigenvalue weighted by Gasteiger charge is -1.99. The van der Waals surface area contributed by atoms with Gasteiger partial charge in [0.1, 0.15) is 5.76 Å². The molecule has 1 heterocycles. The van der Waals surface area contributed by atoms with Crippen molar-refractivity contribution in [3.8, 4) is 0 Å². The first-order valence-electron chi connectivity index (χ1n) is 3.10. The van der Waals surface area contributed by atoms with Gasteiger partial charge in [0.15, 0.2) is 0 Å². The fourth-order valence-electron chi connectivity index (χ4n) is 1.05. The third kappa shape index (κ3) is 0.689. The molecule has 45 valence electrons. The molecule has 0 unspecified atom stereocenters. The Morgan fingerprint density at radius 3 is 3.44 bits per heavy atom. The molecule has 0 N–H and O–H groups in total. The van der Waals surface area contributed by atoms with E-state index in [2.05, 4.69) is 6.08 Å². The maximum absolute atomic E-state index is 5.14. The molecule has 9 heavy (non-hydrogen) atoms. The quantitative estimate of drug-likeness (QED) is 0.509. The van der Waals surface area contributed by atoms with Gasteiger partial charge in [-0.1, -0.05) is 0 Å². The lowest BCUT2D eigenvalue weighted by atomic mass is 10.1. The summed E-state index contributed by atoms with van der Waals surface area (Å²) in [6.45, 7) is 0. The number of hydrogen-bond acceptors (Lipinski definition) is 1. The van der Waals surface area contributed by atoms with Crippen LogP contribution < -0.4 is 0 Å². The van der Waals surface area contributed by atoms with Gasteiger partial charge in [0.05, 0.1) is 6.26 Å². The second-order valence-electron chi connectivity index (χ2n) is 2.16. The Labute approximate surface area is 54.0 Å². The minimum atomic E-state index is 0.987. The summed E-state index contributed by atoms with van der Waals surface area (Å²) in [7, 11) is 0. The molecule has 0 bridgehead atoms. The summed E-state index contributed by atoms with van der Waals surface area (Å²) in [6, 6.07) is 2.02. The van der Waals surface area contributed by atoms with Gasteiger partial charge in [-0.2, -0.15) is 0 Å². The van der Waals surface area contributed by atoms with Gasteiger partial charge in [0, 0.05) is 0 Å². The molecule has 0 amide bonds. The molecule has 0 aliphatic heterocycles. The second-order valence-corrected chi connectivity index (χ2v) is 2.16. The number of furan rings is 1. The summed E-state index contributed by atoms with van der Waals surface area (Å²) in [5.41, 5.74) is 1.31. The maximum Gasteiger partial charge on any atom is 0.130 e. The number of allylic oxidation sites excluding steroid dienone is 1. The summed E-state index contributed by atoms with van der Waals surface area (Å²) >= 11 is 0. The molecule has 1 aromatic heterocycles. The first-order valence-corrected chi connectivity index (χ1v) is 3.10. The summed E-state index contributed by atoms with van der Waals surface area (Å²) < 4.78 is 5.14. The highest BCUT2D eigenvalue weighted by Crippen LogP contribution is 2.18. The Balaban J connectivity index is 2.53. The fourth-order valence-corrected chi connectivity index (χ4v) is 1.05. The van der Waals surface area contributed by atoms with E-state index < -0.39 is 0 Å². The lowest BCUT2D eigenvalue weighted by Crippen LogP contribution is -1.87. The highest BCUT2D eigenvalue weighted by Gasteiger charge is 2.05. The van der Waals surface area contributed by atoms with E-state index >= 15 is 0 Å². The normalized spacial score (nSPS) is 15.6. The molecule has 0 fully saturated rings. The van der Waals surface area contributed by atoms with Gasteiger partial charge in [0.25, 0.3) is 0 Å². The molecule has 1 radical (unpaired) electrons. The van der Waals surface area contributed by atoms with Gasteiger partial charge in [-0.15, -0.1) is 0 Å². The average molecular weight is 119 g/mol. The van der Waals surface area contributed by atoms with E-state index in [4.69, 9.17) is 4.42 Å². The minimum Gasteiger partial charge on any atom is -0.465 e. The molecular weight excluding hydrogens is 112 g/mol. The molecular formula is C8H7O. The topological polar surface area (TPSA) is 13.1 Å². The molecule has 2 rings (SSSR count). The third-order valence-electron chi connectivity index (χ3n) is 1.55. The molecule has 0 spiro atoms. The van der Waals surface area contributed by atoms with Crippen molar-refractivity contribution in [2.24, 2.45) is 0 Å². The molecule has 0 atom stereocenters. The van der Waals surface area contributed by atoms with E-state index in [1.54, 1.807) is 6.26 Å². The van der Waals surface area contributed by atoms with Gasteiger partial charge in [-0.25, -0.2) is 0 Å². The Kier molecular flexibility index (Phi) is 0.950. The fraction of sp³-hybridized carbons (Fsp3) is 0.250. The smallest absolute Gasteiger partial charge is 0.130 e. The summed E-state index contributed by atoms with van der Waals surface area (Å²) in [5.74, 6) is 0.987. The van der Waals surface area contributed by atoms with Crippen molar-refractivity contribution in [2.45, 2.75) is 12.8 Å². The van der Waals surface area contributed by atoms with Crippen LogP contribution in [0, 0.1) is 6.08 Å². The Morgan fingerprint density at radius 1 is 1.56 bits per heavy atom. The molecule has 0 saturated heterocycles. The zero-order valence-corrected chi connectivity index (χ0v) is 5.05. The van der Waals surface area contributed by atoms with Crippen molar-refractivity contribution >= 4 is 6.08 Å². The van der Waals surface area contributed by atoms with E-state index in [0.29, 0.717) is 0 Å². The van der Waals surface area contributed by atoms with Gasteiger partial charge in [0.2, 0.25) is 0 Å². The predicted octanol–water partition coefficient (Wildman–Crippen LogP) is 2.04. The summed E-state index contributed by atoms with van der Waals surface area (Å²) in [4.78, 5) is 0. The Bertz CT molecular complexity index is 232. The van der Waals surface area contributed by atoms with Crippen molar-refractivity contribution < 1.29 is 4.42 Å². The molecule has 1 heteroatoms. The van der Waals surface area contributed by atoms with Crippen molar-refractivity contribution in [3.05, 3.63) is 29.7 Å². The van der Waals surface area contributed by atoms with Crippen molar-refractivity contribution in [3.63, 3.8) is 0 Å². The first kappa shape index (κ1) is 4.86. The minimum absolute atomic E-state index is 0.987. The number of rotatable bonds is 0. The average Bonchev–Trinajstić information content (AvgIpc) is 2.33. The number of hydrogen-bond donors (Lipinski definition) is 0.